The van der Waals surface area contributed by atoms with E-state index in [0.29, 0.717) is 13.0 Å². The molecule has 0 aliphatic carbocycles. The Kier molecular flexibility index (Phi) is 6.67. The molecule has 1 unspecified atom stereocenters. The standard InChI is InChI=1S/C12H22N2O4/c1-2-10(12(16)17)14-11(15)5-8-18-9-3-6-13-7-4-9/h9-10,13H,2-8H2,1H3,(H,14,15)(H,16,17). The first-order valence-corrected chi connectivity index (χ1v) is 6.48. The third-order valence-corrected chi connectivity index (χ3v) is 3.01. The molecule has 0 saturated carbocycles. The number of aliphatic carboxylic acids is 1. The fraction of sp³-hybridized carbons (Fsp3) is 0.833. The zero-order valence-electron chi connectivity index (χ0n) is 10.8. The molecule has 3 N–H and O–H groups in total. The summed E-state index contributed by atoms with van der Waals surface area (Å²) in [4.78, 5) is 22.2. The van der Waals surface area contributed by atoms with Crippen LogP contribution in [0.2, 0.25) is 0 Å². The lowest BCUT2D eigenvalue weighted by Crippen LogP contribution is -2.40. The molecule has 0 spiro atoms. The Morgan fingerprint density at radius 2 is 2.11 bits per heavy atom. The number of carbonyl (C=O) groups is 2. The summed E-state index contributed by atoms with van der Waals surface area (Å²) in [5.41, 5.74) is 0. The van der Waals surface area contributed by atoms with Gasteiger partial charge in [-0.15, -0.1) is 0 Å². The molecule has 1 rings (SSSR count). The van der Waals surface area contributed by atoms with Crippen molar-refractivity contribution in [2.24, 2.45) is 0 Å². The third-order valence-electron chi connectivity index (χ3n) is 3.01. The summed E-state index contributed by atoms with van der Waals surface area (Å²) in [5.74, 6) is -1.26. The smallest absolute Gasteiger partial charge is 0.326 e. The maximum atomic E-state index is 11.5. The highest BCUT2D eigenvalue weighted by molar-refractivity contribution is 5.83. The van der Waals surface area contributed by atoms with Crippen molar-refractivity contribution in [2.45, 2.75) is 44.8 Å². The van der Waals surface area contributed by atoms with Gasteiger partial charge in [0.2, 0.25) is 5.91 Å². The number of nitrogens with one attached hydrogen (secondary N) is 2. The number of rotatable bonds is 7. The van der Waals surface area contributed by atoms with Crippen molar-refractivity contribution in [3.8, 4) is 0 Å². The van der Waals surface area contributed by atoms with Crippen LogP contribution in [0, 0.1) is 0 Å². The Hall–Kier alpha value is -1.14. The highest BCUT2D eigenvalue weighted by Gasteiger charge is 2.18. The molecule has 0 aromatic heterocycles. The fourth-order valence-corrected chi connectivity index (χ4v) is 1.89. The van der Waals surface area contributed by atoms with Crippen molar-refractivity contribution in [2.75, 3.05) is 19.7 Å². The van der Waals surface area contributed by atoms with Crippen LogP contribution < -0.4 is 10.6 Å². The maximum absolute atomic E-state index is 11.5. The van der Waals surface area contributed by atoms with Gasteiger partial charge in [-0.3, -0.25) is 4.79 Å². The minimum absolute atomic E-state index is 0.216. The van der Waals surface area contributed by atoms with Gasteiger partial charge in [0.15, 0.2) is 0 Å². The maximum Gasteiger partial charge on any atom is 0.326 e. The van der Waals surface area contributed by atoms with Crippen LogP contribution in [0.5, 0.6) is 0 Å². The predicted molar refractivity (Wildman–Crippen MR) is 66.3 cm³/mol. The molecular formula is C12H22N2O4. The molecule has 0 aromatic carbocycles. The molecule has 104 valence electrons. The second-order valence-electron chi connectivity index (χ2n) is 4.44. The average Bonchev–Trinajstić information content (AvgIpc) is 2.37. The minimum Gasteiger partial charge on any atom is -0.480 e. The highest BCUT2D eigenvalue weighted by Crippen LogP contribution is 2.07. The summed E-state index contributed by atoms with van der Waals surface area (Å²) in [6, 6.07) is -0.795. The topological polar surface area (TPSA) is 87.7 Å². The van der Waals surface area contributed by atoms with Crippen molar-refractivity contribution >= 4 is 11.9 Å². The van der Waals surface area contributed by atoms with Gasteiger partial charge in [-0.1, -0.05) is 6.92 Å². The number of carboxylic acids is 1. The van der Waals surface area contributed by atoms with Crippen LogP contribution in [0.1, 0.15) is 32.6 Å². The Balaban J connectivity index is 2.14. The van der Waals surface area contributed by atoms with Gasteiger partial charge in [-0.05, 0) is 32.4 Å². The van der Waals surface area contributed by atoms with Gasteiger partial charge in [0.05, 0.1) is 12.7 Å². The van der Waals surface area contributed by atoms with Crippen LogP contribution in [0.15, 0.2) is 0 Å². The SMILES string of the molecule is CCC(NC(=O)CCOC1CCNCC1)C(=O)O. The van der Waals surface area contributed by atoms with Gasteiger partial charge in [0, 0.05) is 6.42 Å². The van der Waals surface area contributed by atoms with Crippen molar-refractivity contribution in [3.05, 3.63) is 0 Å². The lowest BCUT2D eigenvalue weighted by Gasteiger charge is -2.22. The first kappa shape index (κ1) is 14.9. The van der Waals surface area contributed by atoms with E-state index in [1.54, 1.807) is 6.92 Å². The molecule has 0 radical (unpaired) electrons. The molecule has 6 heteroatoms. The number of hydrogen-bond donors (Lipinski definition) is 3. The molecular weight excluding hydrogens is 236 g/mol. The van der Waals surface area contributed by atoms with E-state index in [1.807, 2.05) is 0 Å². The number of hydrogen-bond acceptors (Lipinski definition) is 4. The van der Waals surface area contributed by atoms with E-state index in [9.17, 15) is 9.59 Å². The molecule has 1 aliphatic rings. The minimum atomic E-state index is -0.995. The molecule has 6 nitrogen and oxygen atoms in total. The summed E-state index contributed by atoms with van der Waals surface area (Å²) in [5, 5.41) is 14.5. The molecule has 0 aromatic rings. The molecule has 1 atom stereocenters. The summed E-state index contributed by atoms with van der Waals surface area (Å²) in [6.45, 7) is 3.98. The summed E-state index contributed by atoms with van der Waals surface area (Å²) >= 11 is 0. The lowest BCUT2D eigenvalue weighted by molar-refractivity contribution is -0.142. The monoisotopic (exact) mass is 258 g/mol. The number of piperidine rings is 1. The predicted octanol–water partition coefficient (Wildman–Crippen LogP) is 0.125. The van der Waals surface area contributed by atoms with Crippen LogP contribution in [0.25, 0.3) is 0 Å². The zero-order chi connectivity index (χ0) is 13.4. The number of carboxylic acid groups (broad SMARTS) is 1. The van der Waals surface area contributed by atoms with E-state index >= 15 is 0 Å². The van der Waals surface area contributed by atoms with Gasteiger partial charge in [0.1, 0.15) is 6.04 Å². The molecule has 0 bridgehead atoms. The summed E-state index contributed by atoms with van der Waals surface area (Å²) in [7, 11) is 0. The number of carbonyl (C=O) groups excluding carboxylic acids is 1. The Morgan fingerprint density at radius 1 is 1.44 bits per heavy atom. The molecule has 1 heterocycles. The Labute approximate surface area is 107 Å². The normalized spacial score (nSPS) is 18.3. The second-order valence-corrected chi connectivity index (χ2v) is 4.44. The van der Waals surface area contributed by atoms with Gasteiger partial charge < -0.3 is 20.5 Å². The van der Waals surface area contributed by atoms with Gasteiger partial charge in [-0.25, -0.2) is 4.79 Å². The van der Waals surface area contributed by atoms with Gasteiger partial charge in [-0.2, -0.15) is 0 Å². The largest absolute Gasteiger partial charge is 0.480 e. The summed E-state index contributed by atoms with van der Waals surface area (Å²) < 4.78 is 5.58. The third kappa shape index (κ3) is 5.46. The van der Waals surface area contributed by atoms with Crippen LogP contribution in [0.3, 0.4) is 0 Å². The first-order valence-electron chi connectivity index (χ1n) is 6.48. The van der Waals surface area contributed by atoms with Crippen molar-refractivity contribution < 1.29 is 19.4 Å². The van der Waals surface area contributed by atoms with Crippen molar-refractivity contribution in [1.29, 1.82) is 0 Å². The molecule has 1 amide bonds. The second kappa shape index (κ2) is 8.05. The van der Waals surface area contributed by atoms with E-state index in [0.717, 1.165) is 25.9 Å². The Morgan fingerprint density at radius 3 is 2.67 bits per heavy atom. The number of amides is 1. The van der Waals surface area contributed by atoms with Crippen LogP contribution in [-0.2, 0) is 14.3 Å². The van der Waals surface area contributed by atoms with Gasteiger partial charge >= 0.3 is 5.97 Å². The van der Waals surface area contributed by atoms with Crippen LogP contribution in [-0.4, -0.2) is 48.8 Å². The molecule has 1 fully saturated rings. The average molecular weight is 258 g/mol. The van der Waals surface area contributed by atoms with Gasteiger partial charge in [0.25, 0.3) is 0 Å². The summed E-state index contributed by atoms with van der Waals surface area (Å²) in [6.07, 6.45) is 2.76. The molecule has 1 saturated heterocycles. The first-order chi connectivity index (χ1) is 8.63. The quantitative estimate of drug-likeness (QED) is 0.604. The highest BCUT2D eigenvalue weighted by atomic mass is 16.5. The van der Waals surface area contributed by atoms with E-state index in [2.05, 4.69) is 10.6 Å². The van der Waals surface area contributed by atoms with Crippen molar-refractivity contribution in [3.63, 3.8) is 0 Å². The number of ether oxygens (including phenoxy) is 1. The van der Waals surface area contributed by atoms with E-state index in [1.165, 1.54) is 0 Å². The fourth-order valence-electron chi connectivity index (χ4n) is 1.89. The zero-order valence-corrected chi connectivity index (χ0v) is 10.8. The van der Waals surface area contributed by atoms with E-state index < -0.39 is 12.0 Å². The molecule has 18 heavy (non-hydrogen) atoms. The lowest BCUT2D eigenvalue weighted by atomic mass is 10.1. The van der Waals surface area contributed by atoms with E-state index in [-0.39, 0.29) is 18.4 Å². The van der Waals surface area contributed by atoms with Crippen LogP contribution in [0.4, 0.5) is 0 Å². The van der Waals surface area contributed by atoms with Crippen LogP contribution >= 0.6 is 0 Å². The van der Waals surface area contributed by atoms with Crippen molar-refractivity contribution in [1.82, 2.24) is 10.6 Å². The van der Waals surface area contributed by atoms with E-state index in [4.69, 9.17) is 9.84 Å². The Bertz CT molecular complexity index is 277. The molecule has 1 aliphatic heterocycles.